The Morgan fingerprint density at radius 3 is 2.75 bits per heavy atom. The molecule has 1 saturated carbocycles. The number of aliphatic hydroxyl groups is 1. The molecule has 2 N–H and O–H groups in total. The summed E-state index contributed by atoms with van der Waals surface area (Å²) >= 11 is 0. The highest BCUT2D eigenvalue weighted by molar-refractivity contribution is 5.67. The second kappa shape index (κ2) is 7.99. The Morgan fingerprint density at radius 1 is 1.33 bits per heavy atom. The molecule has 1 aromatic carbocycles. The van der Waals surface area contributed by atoms with Gasteiger partial charge in [0.1, 0.15) is 6.61 Å². The number of hydrogen-bond acceptors (Lipinski definition) is 4. The first kappa shape index (κ1) is 17.2. The van der Waals surface area contributed by atoms with E-state index in [0.717, 1.165) is 31.5 Å². The molecule has 3 unspecified atom stereocenters. The lowest BCUT2D eigenvalue weighted by Gasteiger charge is -2.39. The van der Waals surface area contributed by atoms with Gasteiger partial charge >= 0.3 is 6.09 Å². The Bertz CT molecular complexity index is 533. The molecule has 3 rings (SSSR count). The highest BCUT2D eigenvalue weighted by Crippen LogP contribution is 2.32. The van der Waals surface area contributed by atoms with E-state index in [1.54, 1.807) is 0 Å². The number of ether oxygens (including phenoxy) is 1. The number of carbonyl (C=O) groups is 1. The zero-order valence-electron chi connectivity index (χ0n) is 14.4. The van der Waals surface area contributed by atoms with Gasteiger partial charge in [-0.2, -0.15) is 0 Å². The summed E-state index contributed by atoms with van der Waals surface area (Å²) in [4.78, 5) is 14.5. The van der Waals surface area contributed by atoms with E-state index in [0.29, 0.717) is 6.04 Å². The number of carbonyl (C=O) groups excluding carboxylic acids is 1. The van der Waals surface area contributed by atoms with Crippen molar-refractivity contribution >= 4 is 6.09 Å². The minimum atomic E-state index is -0.369. The first-order valence-electron chi connectivity index (χ1n) is 9.05. The maximum atomic E-state index is 12.1. The summed E-state index contributed by atoms with van der Waals surface area (Å²) in [5, 5.41) is 13.2. The molecule has 2 aliphatic rings. The molecule has 0 aromatic heterocycles. The molecule has 5 heteroatoms. The van der Waals surface area contributed by atoms with Crippen molar-refractivity contribution < 1.29 is 14.6 Å². The molecule has 1 saturated heterocycles. The predicted octanol–water partition coefficient (Wildman–Crippen LogP) is 2.54. The second-order valence-electron chi connectivity index (χ2n) is 7.06. The Hall–Kier alpha value is -1.59. The van der Waals surface area contributed by atoms with E-state index in [-0.39, 0.29) is 30.8 Å². The Kier molecular flexibility index (Phi) is 5.74. The van der Waals surface area contributed by atoms with Gasteiger partial charge in [0, 0.05) is 25.2 Å². The topological polar surface area (TPSA) is 61.8 Å². The molecule has 5 nitrogen and oxygen atoms in total. The van der Waals surface area contributed by atoms with E-state index >= 15 is 0 Å². The Labute approximate surface area is 144 Å². The third-order valence-corrected chi connectivity index (χ3v) is 5.07. The quantitative estimate of drug-likeness (QED) is 0.840. The molecule has 1 amide bonds. The maximum Gasteiger partial charge on any atom is 0.407 e. The summed E-state index contributed by atoms with van der Waals surface area (Å²) in [6.07, 6.45) is 3.38. The van der Waals surface area contributed by atoms with Crippen LogP contribution in [0.5, 0.6) is 0 Å². The van der Waals surface area contributed by atoms with Crippen molar-refractivity contribution in [2.75, 3.05) is 13.1 Å². The van der Waals surface area contributed by atoms with Crippen LogP contribution in [-0.2, 0) is 11.3 Å². The number of hydrogen-bond donors (Lipinski definition) is 2. The van der Waals surface area contributed by atoms with E-state index < -0.39 is 0 Å². The van der Waals surface area contributed by atoms with Crippen molar-refractivity contribution in [1.82, 2.24) is 10.2 Å². The minimum Gasteiger partial charge on any atom is -0.445 e. The van der Waals surface area contributed by atoms with Crippen LogP contribution in [0.4, 0.5) is 4.79 Å². The van der Waals surface area contributed by atoms with Gasteiger partial charge < -0.3 is 15.2 Å². The van der Waals surface area contributed by atoms with Crippen molar-refractivity contribution in [3.05, 3.63) is 35.9 Å². The molecule has 1 heterocycles. The van der Waals surface area contributed by atoms with Gasteiger partial charge in [0.2, 0.25) is 0 Å². The smallest absolute Gasteiger partial charge is 0.407 e. The number of nitrogens with zero attached hydrogens (tertiary/aromatic N) is 1. The molecule has 0 radical (unpaired) electrons. The van der Waals surface area contributed by atoms with E-state index in [2.05, 4.69) is 10.2 Å². The fourth-order valence-corrected chi connectivity index (χ4v) is 3.56. The lowest BCUT2D eigenvalue weighted by atomic mass is 9.88. The van der Waals surface area contributed by atoms with Gasteiger partial charge in [-0.1, -0.05) is 37.3 Å². The summed E-state index contributed by atoms with van der Waals surface area (Å²) in [5.41, 5.74) is 0.982. The molecule has 1 aliphatic heterocycles. The number of nitrogens with one attached hydrogen (secondary N) is 1. The molecule has 24 heavy (non-hydrogen) atoms. The molecule has 2 fully saturated rings. The van der Waals surface area contributed by atoms with Crippen LogP contribution in [0.2, 0.25) is 0 Å². The van der Waals surface area contributed by atoms with Gasteiger partial charge in [-0.05, 0) is 37.2 Å². The first-order valence-corrected chi connectivity index (χ1v) is 9.05. The van der Waals surface area contributed by atoms with Gasteiger partial charge in [0.05, 0.1) is 6.10 Å². The third-order valence-electron chi connectivity index (χ3n) is 5.07. The lowest BCUT2D eigenvalue weighted by molar-refractivity contribution is 0.0311. The van der Waals surface area contributed by atoms with Gasteiger partial charge in [-0.3, -0.25) is 4.90 Å². The Balaban J connectivity index is 1.51. The minimum absolute atomic E-state index is 0.0498. The van der Waals surface area contributed by atoms with Crippen LogP contribution >= 0.6 is 0 Å². The van der Waals surface area contributed by atoms with Crippen molar-refractivity contribution in [2.24, 2.45) is 5.92 Å². The Morgan fingerprint density at radius 2 is 2.08 bits per heavy atom. The summed E-state index contributed by atoms with van der Waals surface area (Å²) in [7, 11) is 0. The van der Waals surface area contributed by atoms with Crippen molar-refractivity contribution in [3.8, 4) is 0 Å². The van der Waals surface area contributed by atoms with Crippen LogP contribution in [0.3, 0.4) is 0 Å². The number of piperidine rings is 1. The number of rotatable bonds is 6. The number of amides is 1. The van der Waals surface area contributed by atoms with Gasteiger partial charge in [0.25, 0.3) is 0 Å². The average molecular weight is 332 g/mol. The summed E-state index contributed by atoms with van der Waals surface area (Å²) < 4.78 is 5.33. The van der Waals surface area contributed by atoms with Gasteiger partial charge in [0.15, 0.2) is 0 Å². The molecule has 0 bridgehead atoms. The largest absolute Gasteiger partial charge is 0.445 e. The van der Waals surface area contributed by atoms with Crippen molar-refractivity contribution in [1.29, 1.82) is 0 Å². The SMILES string of the molecule is CCC(O)C1CC(NC(=O)OCc2ccccc2)CN(C2CC2)C1. The monoisotopic (exact) mass is 332 g/mol. The molecule has 0 spiro atoms. The fourth-order valence-electron chi connectivity index (χ4n) is 3.56. The lowest BCUT2D eigenvalue weighted by Crippen LogP contribution is -2.53. The van der Waals surface area contributed by atoms with Crippen molar-refractivity contribution in [2.45, 2.75) is 57.4 Å². The third kappa shape index (κ3) is 4.71. The molecular weight excluding hydrogens is 304 g/mol. The number of likely N-dealkylation sites (tertiary alicyclic amines) is 1. The molecule has 132 valence electrons. The van der Waals surface area contributed by atoms with E-state index in [1.807, 2.05) is 37.3 Å². The summed E-state index contributed by atoms with van der Waals surface area (Å²) in [6, 6.07) is 10.4. The zero-order valence-corrected chi connectivity index (χ0v) is 14.4. The van der Waals surface area contributed by atoms with Crippen LogP contribution in [0.25, 0.3) is 0 Å². The van der Waals surface area contributed by atoms with E-state index in [4.69, 9.17) is 4.74 Å². The fraction of sp³-hybridized carbons (Fsp3) is 0.632. The molecule has 1 aromatic rings. The van der Waals surface area contributed by atoms with Crippen LogP contribution in [-0.4, -0.2) is 47.4 Å². The van der Waals surface area contributed by atoms with E-state index in [9.17, 15) is 9.90 Å². The summed E-state index contributed by atoms with van der Waals surface area (Å²) in [6.45, 7) is 4.10. The normalized spacial score (nSPS) is 25.9. The van der Waals surface area contributed by atoms with Crippen molar-refractivity contribution in [3.63, 3.8) is 0 Å². The average Bonchev–Trinajstić information content (AvgIpc) is 3.45. The number of aliphatic hydroxyl groups excluding tert-OH is 1. The molecule has 3 atom stereocenters. The highest BCUT2D eigenvalue weighted by Gasteiger charge is 2.38. The van der Waals surface area contributed by atoms with Gasteiger partial charge in [-0.15, -0.1) is 0 Å². The molecule has 1 aliphatic carbocycles. The zero-order chi connectivity index (χ0) is 16.9. The highest BCUT2D eigenvalue weighted by atomic mass is 16.5. The van der Waals surface area contributed by atoms with Crippen LogP contribution in [0.1, 0.15) is 38.2 Å². The van der Waals surface area contributed by atoms with Gasteiger partial charge in [-0.25, -0.2) is 4.79 Å². The van der Waals surface area contributed by atoms with E-state index in [1.165, 1.54) is 12.8 Å². The van der Waals surface area contributed by atoms with Crippen LogP contribution in [0.15, 0.2) is 30.3 Å². The maximum absolute atomic E-state index is 12.1. The summed E-state index contributed by atoms with van der Waals surface area (Å²) in [5.74, 6) is 0.226. The number of alkyl carbamates (subject to hydrolysis) is 1. The standard InChI is InChI=1S/C19H28N2O3/c1-2-18(22)15-10-16(12-21(11-15)17-8-9-17)20-19(23)24-13-14-6-4-3-5-7-14/h3-7,15-18,22H,2,8-13H2,1H3,(H,20,23). The van der Waals surface area contributed by atoms with Crippen LogP contribution < -0.4 is 5.32 Å². The number of benzene rings is 1. The second-order valence-corrected chi connectivity index (χ2v) is 7.06. The predicted molar refractivity (Wildman–Crippen MR) is 92.6 cm³/mol. The van der Waals surface area contributed by atoms with Crippen LogP contribution in [0, 0.1) is 5.92 Å². The molecular formula is C19H28N2O3. The first-order chi connectivity index (χ1) is 11.7.